The summed E-state index contributed by atoms with van der Waals surface area (Å²) in [4.78, 5) is 56.5. The first kappa shape index (κ1) is 27.5. The highest BCUT2D eigenvalue weighted by Crippen LogP contribution is 2.68. The van der Waals surface area contributed by atoms with E-state index in [-0.39, 0.29) is 16.5 Å². The number of hydrogen-bond acceptors (Lipinski definition) is 6. The van der Waals surface area contributed by atoms with Crippen LogP contribution >= 0.6 is 39.1 Å². The van der Waals surface area contributed by atoms with E-state index in [2.05, 4.69) is 15.9 Å². The van der Waals surface area contributed by atoms with Gasteiger partial charge in [0.2, 0.25) is 11.8 Å². The Labute approximate surface area is 251 Å². The third kappa shape index (κ3) is 3.40. The number of anilines is 1. The number of imide groups is 1. The van der Waals surface area contributed by atoms with E-state index in [9.17, 15) is 34.1 Å². The normalized spacial score (nSPS) is 32.5. The van der Waals surface area contributed by atoms with Gasteiger partial charge in [-0.2, -0.15) is 10.5 Å². The average Bonchev–Trinajstić information content (AvgIpc) is 3.24. The van der Waals surface area contributed by atoms with Crippen molar-refractivity contribution < 1.29 is 23.6 Å². The van der Waals surface area contributed by atoms with E-state index in [1.807, 2.05) is 12.1 Å². The van der Waals surface area contributed by atoms with Crippen LogP contribution in [0.15, 0.2) is 74.7 Å². The zero-order valence-corrected chi connectivity index (χ0v) is 24.0. The number of carbonyl (C=O) groups is 4. The minimum Gasteiger partial charge on any atom is -0.291 e. The number of para-hydroxylation sites is 1. The molecule has 0 bridgehead atoms. The first-order valence-corrected chi connectivity index (χ1v) is 14.2. The molecule has 0 unspecified atom stereocenters. The number of allylic oxidation sites excluding steroid dienone is 4. The Bertz CT molecular complexity index is 1750. The van der Waals surface area contributed by atoms with Crippen molar-refractivity contribution in [2.75, 3.05) is 4.90 Å². The van der Waals surface area contributed by atoms with Crippen molar-refractivity contribution >= 4 is 68.2 Å². The van der Waals surface area contributed by atoms with Gasteiger partial charge in [0.25, 0.3) is 0 Å². The summed E-state index contributed by atoms with van der Waals surface area (Å²) >= 11 is 15.6. The summed E-state index contributed by atoms with van der Waals surface area (Å²) in [5.74, 6) is -7.45. The molecule has 7 nitrogen and oxygen atoms in total. The van der Waals surface area contributed by atoms with Crippen LogP contribution in [-0.2, 0) is 19.2 Å². The second-order valence-corrected chi connectivity index (χ2v) is 12.2. The van der Waals surface area contributed by atoms with Crippen molar-refractivity contribution in [3.05, 3.63) is 86.1 Å². The van der Waals surface area contributed by atoms with E-state index in [1.165, 1.54) is 12.1 Å². The predicted molar refractivity (Wildman–Crippen MR) is 148 cm³/mol. The first-order valence-electron chi connectivity index (χ1n) is 12.6. The van der Waals surface area contributed by atoms with Gasteiger partial charge in [-0.05, 0) is 64.5 Å². The molecule has 41 heavy (non-hydrogen) atoms. The lowest BCUT2D eigenvalue weighted by Crippen LogP contribution is -2.62. The van der Waals surface area contributed by atoms with Gasteiger partial charge < -0.3 is 0 Å². The molecular weight excluding hydrogens is 636 g/mol. The lowest BCUT2D eigenvalue weighted by atomic mass is 9.41. The van der Waals surface area contributed by atoms with Gasteiger partial charge in [-0.3, -0.25) is 24.1 Å². The molecule has 0 radical (unpaired) electrons. The Hall–Kier alpha value is -3.63. The largest absolute Gasteiger partial charge is 0.291 e. The van der Waals surface area contributed by atoms with Crippen molar-refractivity contribution in [3.63, 3.8) is 0 Å². The number of Topliss-reactive ketones (excluding diaryl/α,β-unsaturated/α-hetero) is 2. The van der Waals surface area contributed by atoms with E-state index in [0.717, 1.165) is 11.0 Å². The van der Waals surface area contributed by atoms with Gasteiger partial charge in [0.05, 0.1) is 34.1 Å². The first-order chi connectivity index (χ1) is 19.6. The monoisotopic (exact) mass is 651 g/mol. The number of ketones is 2. The summed E-state index contributed by atoms with van der Waals surface area (Å²) in [6.07, 6.45) is 1.42. The standard InChI is InChI=1S/C30H17BrCl2FN3O4/c31-19-10-14(6-9-20(19)34)22-16-7-8-17-21(28(41)37(27(17)40)15-4-2-1-3-5-15)18(16)11-29(12-35)25(38)23(32)24(33)26(39)30(22,29)13-36/h1-7,9-10,17-18,21-22H,8,11H2/t17-,18+,21-,22-,29+,30+/m0/s1. The van der Waals surface area contributed by atoms with Crippen LogP contribution in [0.5, 0.6) is 0 Å². The van der Waals surface area contributed by atoms with Crippen LogP contribution in [0, 0.1) is 57.1 Å². The highest BCUT2D eigenvalue weighted by Gasteiger charge is 2.75. The highest BCUT2D eigenvalue weighted by molar-refractivity contribution is 9.10. The quantitative estimate of drug-likeness (QED) is 0.304. The minimum atomic E-state index is -2.37. The molecule has 6 atom stereocenters. The SMILES string of the molecule is N#C[C@@]12C[C@@H]3C(=CC[C@@H]4C(=O)N(c5ccccc5)C(=O)[C@@H]43)[C@H](c3ccc(F)c(Br)c3)[C@]1(C#N)C(=O)C(Cl)=C(Cl)C2=O. The molecule has 0 aromatic heterocycles. The van der Waals surface area contributed by atoms with Gasteiger partial charge in [-0.15, -0.1) is 0 Å². The van der Waals surface area contributed by atoms with Crippen LogP contribution in [0.1, 0.15) is 24.3 Å². The van der Waals surface area contributed by atoms with Gasteiger partial charge >= 0.3 is 0 Å². The van der Waals surface area contributed by atoms with Gasteiger partial charge in [0, 0.05) is 5.92 Å². The maximum Gasteiger partial charge on any atom is 0.238 e. The molecule has 11 heteroatoms. The van der Waals surface area contributed by atoms with Crippen molar-refractivity contribution in [1.82, 2.24) is 0 Å². The second-order valence-electron chi connectivity index (χ2n) is 10.6. The fraction of sp³-hybridized carbons (Fsp3) is 0.267. The zero-order valence-electron chi connectivity index (χ0n) is 20.9. The summed E-state index contributed by atoms with van der Waals surface area (Å²) in [5, 5.41) is 20.1. The number of nitrogens with zero attached hydrogens (tertiary/aromatic N) is 3. The number of benzene rings is 2. The van der Waals surface area contributed by atoms with E-state index >= 15 is 0 Å². The smallest absolute Gasteiger partial charge is 0.238 e. The van der Waals surface area contributed by atoms with E-state index in [0.29, 0.717) is 11.3 Å². The zero-order chi connectivity index (χ0) is 29.4. The van der Waals surface area contributed by atoms with Gasteiger partial charge in [0.15, 0.2) is 17.0 Å². The van der Waals surface area contributed by atoms with E-state index in [1.54, 1.807) is 36.4 Å². The number of nitriles is 2. The Morgan fingerprint density at radius 1 is 0.927 bits per heavy atom. The Morgan fingerprint density at radius 3 is 2.24 bits per heavy atom. The van der Waals surface area contributed by atoms with Crippen molar-refractivity contribution in [2.45, 2.75) is 18.8 Å². The molecule has 1 saturated heterocycles. The van der Waals surface area contributed by atoms with Crippen LogP contribution in [0.25, 0.3) is 0 Å². The Balaban J connectivity index is 1.62. The lowest BCUT2D eigenvalue weighted by Gasteiger charge is -2.55. The van der Waals surface area contributed by atoms with Gasteiger partial charge in [0.1, 0.15) is 21.3 Å². The van der Waals surface area contributed by atoms with E-state index < -0.39 is 80.2 Å². The van der Waals surface area contributed by atoms with Gasteiger partial charge in [-0.25, -0.2) is 4.39 Å². The van der Waals surface area contributed by atoms with Crippen molar-refractivity contribution in [3.8, 4) is 12.1 Å². The fourth-order valence-electron chi connectivity index (χ4n) is 7.15. The number of amides is 2. The lowest BCUT2D eigenvalue weighted by molar-refractivity contribution is -0.144. The topological polar surface area (TPSA) is 119 Å². The molecule has 2 fully saturated rings. The molecule has 6 rings (SSSR count). The number of carbonyl (C=O) groups excluding carboxylic acids is 4. The molecule has 2 aromatic rings. The number of fused-ring (bicyclic) bond motifs is 4. The van der Waals surface area contributed by atoms with Crippen LogP contribution in [0.4, 0.5) is 10.1 Å². The molecular formula is C30H17BrCl2FN3O4. The van der Waals surface area contributed by atoms with Crippen LogP contribution in [0.3, 0.4) is 0 Å². The Morgan fingerprint density at radius 2 is 1.61 bits per heavy atom. The fourth-order valence-corrected chi connectivity index (χ4v) is 8.03. The molecule has 1 aliphatic heterocycles. The summed E-state index contributed by atoms with van der Waals surface area (Å²) in [6, 6.07) is 16.2. The molecule has 0 N–H and O–H groups in total. The molecule has 2 amide bonds. The summed E-state index contributed by atoms with van der Waals surface area (Å²) in [5.41, 5.74) is -3.62. The van der Waals surface area contributed by atoms with Crippen LogP contribution in [0.2, 0.25) is 0 Å². The second kappa shape index (κ2) is 9.46. The molecule has 204 valence electrons. The molecule has 2 aromatic carbocycles. The summed E-state index contributed by atoms with van der Waals surface area (Å²) in [6.45, 7) is 0. The number of halogens is 4. The van der Waals surface area contributed by atoms with Crippen LogP contribution in [-0.4, -0.2) is 23.4 Å². The van der Waals surface area contributed by atoms with Crippen LogP contribution < -0.4 is 4.90 Å². The predicted octanol–water partition coefficient (Wildman–Crippen LogP) is 5.69. The third-order valence-corrected chi connectivity index (χ3v) is 10.3. The number of hydrogen-bond donors (Lipinski definition) is 0. The maximum atomic E-state index is 14.3. The average molecular weight is 653 g/mol. The molecule has 1 heterocycles. The molecule has 0 spiro atoms. The third-order valence-electron chi connectivity index (χ3n) is 8.91. The highest BCUT2D eigenvalue weighted by atomic mass is 79.9. The number of rotatable bonds is 2. The maximum absolute atomic E-state index is 14.3. The van der Waals surface area contributed by atoms with Gasteiger partial charge in [-0.1, -0.05) is 59.1 Å². The molecule has 3 aliphatic carbocycles. The minimum absolute atomic E-state index is 0.0266. The van der Waals surface area contributed by atoms with Crippen molar-refractivity contribution in [2.24, 2.45) is 28.6 Å². The summed E-state index contributed by atoms with van der Waals surface area (Å²) < 4.78 is 14.4. The molecule has 1 saturated carbocycles. The van der Waals surface area contributed by atoms with Crippen molar-refractivity contribution in [1.29, 1.82) is 10.5 Å². The summed E-state index contributed by atoms with van der Waals surface area (Å²) in [7, 11) is 0. The van der Waals surface area contributed by atoms with E-state index in [4.69, 9.17) is 23.2 Å². The molecule has 4 aliphatic rings. The Kier molecular flexibility index (Phi) is 6.35.